The first-order valence-corrected chi connectivity index (χ1v) is 6.14. The summed E-state index contributed by atoms with van der Waals surface area (Å²) in [6.45, 7) is 0.377. The van der Waals surface area contributed by atoms with Gasteiger partial charge in [0.25, 0.3) is 0 Å². The summed E-state index contributed by atoms with van der Waals surface area (Å²) >= 11 is 0. The fraction of sp³-hybridized carbons (Fsp3) is 0.615. The van der Waals surface area contributed by atoms with Gasteiger partial charge >= 0.3 is 6.18 Å². The lowest BCUT2D eigenvalue weighted by atomic mass is 9.87. The SMILES string of the molecule is FC(F)(F)C1CCC(OCc2ccccn2)CC1. The smallest absolute Gasteiger partial charge is 0.372 e. The molecule has 0 atom stereocenters. The third-order valence-corrected chi connectivity index (χ3v) is 3.33. The molecule has 18 heavy (non-hydrogen) atoms. The van der Waals surface area contributed by atoms with Gasteiger partial charge in [0.2, 0.25) is 0 Å². The quantitative estimate of drug-likeness (QED) is 0.825. The second-order valence-electron chi connectivity index (χ2n) is 4.65. The van der Waals surface area contributed by atoms with Gasteiger partial charge in [0.1, 0.15) is 0 Å². The van der Waals surface area contributed by atoms with E-state index < -0.39 is 12.1 Å². The molecule has 5 heteroatoms. The van der Waals surface area contributed by atoms with Crippen LogP contribution in [0.25, 0.3) is 0 Å². The van der Waals surface area contributed by atoms with Crippen LogP contribution in [0.4, 0.5) is 13.2 Å². The molecule has 0 bridgehead atoms. The van der Waals surface area contributed by atoms with Gasteiger partial charge in [-0.25, -0.2) is 0 Å². The summed E-state index contributed by atoms with van der Waals surface area (Å²) in [4.78, 5) is 4.11. The topological polar surface area (TPSA) is 22.1 Å². The van der Waals surface area contributed by atoms with Crippen molar-refractivity contribution in [1.82, 2.24) is 4.98 Å². The van der Waals surface area contributed by atoms with Crippen LogP contribution in [0.3, 0.4) is 0 Å². The van der Waals surface area contributed by atoms with Gasteiger partial charge in [0, 0.05) is 6.20 Å². The van der Waals surface area contributed by atoms with E-state index in [1.807, 2.05) is 18.2 Å². The molecule has 0 aliphatic heterocycles. The lowest BCUT2D eigenvalue weighted by molar-refractivity contribution is -0.188. The predicted octanol–water partition coefficient (Wildman–Crippen LogP) is 3.72. The molecule has 0 unspecified atom stereocenters. The van der Waals surface area contributed by atoms with Gasteiger partial charge in [-0.3, -0.25) is 4.98 Å². The fourth-order valence-corrected chi connectivity index (χ4v) is 2.24. The first-order valence-electron chi connectivity index (χ1n) is 6.14. The molecule has 1 heterocycles. The second kappa shape index (κ2) is 5.69. The molecule has 100 valence electrons. The number of halogens is 3. The molecule has 2 nitrogen and oxygen atoms in total. The van der Waals surface area contributed by atoms with Gasteiger partial charge in [-0.15, -0.1) is 0 Å². The van der Waals surface area contributed by atoms with Crippen LogP contribution in [0.5, 0.6) is 0 Å². The first kappa shape index (κ1) is 13.3. The van der Waals surface area contributed by atoms with Crippen molar-refractivity contribution in [2.24, 2.45) is 5.92 Å². The fourth-order valence-electron chi connectivity index (χ4n) is 2.24. The monoisotopic (exact) mass is 259 g/mol. The van der Waals surface area contributed by atoms with E-state index in [0.29, 0.717) is 19.4 Å². The number of rotatable bonds is 3. The van der Waals surface area contributed by atoms with E-state index in [1.54, 1.807) is 6.20 Å². The summed E-state index contributed by atoms with van der Waals surface area (Å²) in [5, 5.41) is 0. The molecule has 1 aliphatic rings. The highest BCUT2D eigenvalue weighted by Gasteiger charge is 2.41. The Morgan fingerprint density at radius 1 is 1.17 bits per heavy atom. The van der Waals surface area contributed by atoms with Gasteiger partial charge < -0.3 is 4.74 Å². The maximum atomic E-state index is 12.5. The highest BCUT2D eigenvalue weighted by atomic mass is 19.4. The van der Waals surface area contributed by atoms with Crippen LogP contribution in [0, 0.1) is 5.92 Å². The van der Waals surface area contributed by atoms with Crippen molar-refractivity contribution >= 4 is 0 Å². The number of pyridine rings is 1. The van der Waals surface area contributed by atoms with E-state index in [4.69, 9.17) is 4.74 Å². The van der Waals surface area contributed by atoms with Crippen LogP contribution in [0.1, 0.15) is 31.4 Å². The second-order valence-corrected chi connectivity index (χ2v) is 4.65. The van der Waals surface area contributed by atoms with Crippen molar-refractivity contribution in [1.29, 1.82) is 0 Å². The Balaban J connectivity index is 1.74. The average molecular weight is 259 g/mol. The number of ether oxygens (including phenoxy) is 1. The summed E-state index contributed by atoms with van der Waals surface area (Å²) < 4.78 is 43.0. The first-order chi connectivity index (χ1) is 8.55. The third-order valence-electron chi connectivity index (χ3n) is 3.33. The Hall–Kier alpha value is -1.10. The molecular formula is C13H16F3NO. The molecule has 0 radical (unpaired) electrons. The molecule has 1 saturated carbocycles. The van der Waals surface area contributed by atoms with Crippen LogP contribution in [-0.2, 0) is 11.3 Å². The average Bonchev–Trinajstić information content (AvgIpc) is 2.37. The Labute approximate surface area is 104 Å². The molecule has 1 fully saturated rings. The van der Waals surface area contributed by atoms with E-state index in [9.17, 15) is 13.2 Å². The summed E-state index contributed by atoms with van der Waals surface area (Å²) in [6, 6.07) is 5.53. The minimum absolute atomic E-state index is 0.0643. The molecule has 1 aliphatic carbocycles. The minimum atomic E-state index is -4.05. The molecular weight excluding hydrogens is 243 g/mol. The Kier molecular flexibility index (Phi) is 4.22. The van der Waals surface area contributed by atoms with Crippen molar-refractivity contribution in [3.8, 4) is 0 Å². The zero-order valence-electron chi connectivity index (χ0n) is 9.99. The van der Waals surface area contributed by atoms with Crippen molar-refractivity contribution in [2.75, 3.05) is 0 Å². The van der Waals surface area contributed by atoms with Crippen LogP contribution < -0.4 is 0 Å². The van der Waals surface area contributed by atoms with E-state index in [0.717, 1.165) is 5.69 Å². The van der Waals surface area contributed by atoms with Gasteiger partial charge in [-0.2, -0.15) is 13.2 Å². The molecule has 0 amide bonds. The molecule has 1 aromatic rings. The standard InChI is InChI=1S/C13H16F3NO/c14-13(15,16)10-4-6-12(7-5-10)18-9-11-3-1-2-8-17-11/h1-3,8,10,12H,4-7,9H2. The molecule has 1 aromatic heterocycles. The van der Waals surface area contributed by atoms with Crippen molar-refractivity contribution in [3.05, 3.63) is 30.1 Å². The summed E-state index contributed by atoms with van der Waals surface area (Å²) in [7, 11) is 0. The van der Waals surface area contributed by atoms with E-state index >= 15 is 0 Å². The normalized spacial score (nSPS) is 25.1. The number of nitrogens with zero attached hydrogens (tertiary/aromatic N) is 1. The van der Waals surface area contributed by atoms with E-state index in [-0.39, 0.29) is 18.9 Å². The minimum Gasteiger partial charge on any atom is -0.372 e. The maximum absolute atomic E-state index is 12.5. The molecule has 0 saturated heterocycles. The van der Waals surface area contributed by atoms with Crippen molar-refractivity contribution in [3.63, 3.8) is 0 Å². The van der Waals surface area contributed by atoms with Gasteiger partial charge in [0.15, 0.2) is 0 Å². The number of hydrogen-bond acceptors (Lipinski definition) is 2. The summed E-state index contributed by atoms with van der Waals surface area (Å²) in [6.07, 6.45) is -1.11. The Morgan fingerprint density at radius 2 is 1.89 bits per heavy atom. The lowest BCUT2D eigenvalue weighted by Crippen LogP contribution is -2.30. The molecule has 0 aromatic carbocycles. The zero-order valence-corrected chi connectivity index (χ0v) is 9.99. The van der Waals surface area contributed by atoms with Crippen molar-refractivity contribution in [2.45, 2.75) is 44.6 Å². The maximum Gasteiger partial charge on any atom is 0.391 e. The molecule has 0 spiro atoms. The van der Waals surface area contributed by atoms with Crippen molar-refractivity contribution < 1.29 is 17.9 Å². The Bertz CT molecular complexity index is 358. The van der Waals surface area contributed by atoms with Gasteiger partial charge in [-0.05, 0) is 37.8 Å². The Morgan fingerprint density at radius 3 is 2.44 bits per heavy atom. The summed E-state index contributed by atoms with van der Waals surface area (Å²) in [5.41, 5.74) is 0.815. The summed E-state index contributed by atoms with van der Waals surface area (Å²) in [5.74, 6) is -1.15. The third kappa shape index (κ3) is 3.70. The number of hydrogen-bond donors (Lipinski definition) is 0. The van der Waals surface area contributed by atoms with Gasteiger partial charge in [0.05, 0.1) is 24.3 Å². The van der Waals surface area contributed by atoms with Crippen LogP contribution in [0.2, 0.25) is 0 Å². The predicted molar refractivity (Wildman–Crippen MR) is 60.8 cm³/mol. The van der Waals surface area contributed by atoms with E-state index in [1.165, 1.54) is 0 Å². The van der Waals surface area contributed by atoms with Crippen LogP contribution in [0.15, 0.2) is 24.4 Å². The van der Waals surface area contributed by atoms with Crippen LogP contribution >= 0.6 is 0 Å². The highest BCUT2D eigenvalue weighted by Crippen LogP contribution is 2.38. The highest BCUT2D eigenvalue weighted by molar-refractivity contribution is 5.01. The number of alkyl halides is 3. The molecule has 0 N–H and O–H groups in total. The zero-order chi connectivity index (χ0) is 13.0. The van der Waals surface area contributed by atoms with E-state index in [2.05, 4.69) is 4.98 Å². The van der Waals surface area contributed by atoms with Crippen LogP contribution in [-0.4, -0.2) is 17.3 Å². The largest absolute Gasteiger partial charge is 0.391 e. The lowest BCUT2D eigenvalue weighted by Gasteiger charge is -2.29. The molecule has 2 rings (SSSR count). The number of aromatic nitrogens is 1. The van der Waals surface area contributed by atoms with Gasteiger partial charge in [-0.1, -0.05) is 6.07 Å².